The van der Waals surface area contributed by atoms with E-state index in [0.29, 0.717) is 26.3 Å². The molecule has 0 aromatic heterocycles. The molecule has 1 unspecified atom stereocenters. The third-order valence-corrected chi connectivity index (χ3v) is 5.28. The summed E-state index contributed by atoms with van der Waals surface area (Å²) < 4.78 is 44.1. The molecular formula is C21H19ClF3N3O3. The summed E-state index contributed by atoms with van der Waals surface area (Å²) in [6, 6.07) is 9.96. The summed E-state index contributed by atoms with van der Waals surface area (Å²) in [7, 11) is 0. The van der Waals surface area contributed by atoms with E-state index in [0.717, 1.165) is 24.3 Å². The van der Waals surface area contributed by atoms with Crippen molar-refractivity contribution in [3.8, 4) is 6.07 Å². The third kappa shape index (κ3) is 5.35. The van der Waals surface area contributed by atoms with E-state index in [9.17, 15) is 23.1 Å². The number of alkyl halides is 3. The van der Waals surface area contributed by atoms with Crippen molar-refractivity contribution in [2.45, 2.75) is 11.8 Å². The van der Waals surface area contributed by atoms with Crippen LogP contribution in [-0.2, 0) is 21.3 Å². The summed E-state index contributed by atoms with van der Waals surface area (Å²) in [5.74, 6) is -0.834. The lowest BCUT2D eigenvalue weighted by molar-refractivity contribution is -0.139. The van der Waals surface area contributed by atoms with Crippen molar-refractivity contribution in [2.24, 2.45) is 0 Å². The number of ether oxygens (including phenoxy) is 1. The standard InChI is InChI=1S/C21H19ClF3N3O3/c22-18-11-17(6-1-14(18)12-26)27-19(29)20(30,13-28-7-9-31-10-8-28)15-2-4-16(5-3-15)21(23,24)25/h1-6,11,30H,7-10,13H2,(H,27,29). The van der Waals surface area contributed by atoms with Gasteiger partial charge in [-0.2, -0.15) is 18.4 Å². The van der Waals surface area contributed by atoms with Crippen molar-refractivity contribution in [2.75, 3.05) is 38.2 Å². The number of carbonyl (C=O) groups is 1. The molecule has 0 aliphatic carbocycles. The van der Waals surface area contributed by atoms with Gasteiger partial charge in [-0.1, -0.05) is 23.7 Å². The van der Waals surface area contributed by atoms with Crippen molar-refractivity contribution < 1.29 is 27.8 Å². The van der Waals surface area contributed by atoms with Crippen LogP contribution in [0.25, 0.3) is 0 Å². The van der Waals surface area contributed by atoms with Crippen LogP contribution in [0.15, 0.2) is 42.5 Å². The number of morpholine rings is 1. The Balaban J connectivity index is 1.92. The van der Waals surface area contributed by atoms with Gasteiger partial charge in [-0.3, -0.25) is 9.69 Å². The number of halogens is 4. The number of nitriles is 1. The first-order chi connectivity index (χ1) is 14.6. The van der Waals surface area contributed by atoms with Crippen LogP contribution >= 0.6 is 11.6 Å². The first-order valence-corrected chi connectivity index (χ1v) is 9.72. The molecule has 31 heavy (non-hydrogen) atoms. The fraction of sp³-hybridized carbons (Fsp3) is 0.333. The number of β-amino-alcohol motifs (C(OH)–C–C–N with tert-alkyl or cyclic N) is 1. The summed E-state index contributed by atoms with van der Waals surface area (Å²) in [5, 5.41) is 23.0. The minimum absolute atomic E-state index is 0.0178. The summed E-state index contributed by atoms with van der Waals surface area (Å²) >= 11 is 6.00. The van der Waals surface area contributed by atoms with E-state index in [1.165, 1.54) is 18.2 Å². The topological polar surface area (TPSA) is 85.6 Å². The molecule has 0 saturated carbocycles. The highest BCUT2D eigenvalue weighted by molar-refractivity contribution is 6.32. The van der Waals surface area contributed by atoms with Gasteiger partial charge in [-0.25, -0.2) is 0 Å². The molecule has 1 aliphatic heterocycles. The molecule has 1 aliphatic rings. The maximum absolute atomic E-state index is 13.1. The second-order valence-corrected chi connectivity index (χ2v) is 7.49. The zero-order valence-corrected chi connectivity index (χ0v) is 17.0. The van der Waals surface area contributed by atoms with Crippen molar-refractivity contribution >= 4 is 23.2 Å². The number of nitrogens with one attached hydrogen (secondary N) is 1. The molecule has 1 saturated heterocycles. The van der Waals surface area contributed by atoms with Gasteiger partial charge in [0.2, 0.25) is 0 Å². The van der Waals surface area contributed by atoms with Crippen molar-refractivity contribution in [3.05, 3.63) is 64.2 Å². The quantitative estimate of drug-likeness (QED) is 0.725. The van der Waals surface area contributed by atoms with Gasteiger partial charge in [0.25, 0.3) is 5.91 Å². The van der Waals surface area contributed by atoms with Crippen LogP contribution in [0.3, 0.4) is 0 Å². The molecule has 2 N–H and O–H groups in total. The average Bonchev–Trinajstić information content (AvgIpc) is 2.74. The number of rotatable bonds is 5. The van der Waals surface area contributed by atoms with Crippen LogP contribution in [0.1, 0.15) is 16.7 Å². The normalized spacial score (nSPS) is 16.9. The number of amides is 1. The van der Waals surface area contributed by atoms with Gasteiger partial charge in [-0.05, 0) is 35.9 Å². The number of aliphatic hydroxyl groups is 1. The molecule has 0 bridgehead atoms. The number of hydrogen-bond donors (Lipinski definition) is 2. The van der Waals surface area contributed by atoms with Crippen molar-refractivity contribution in [1.82, 2.24) is 4.90 Å². The smallest absolute Gasteiger partial charge is 0.379 e. The van der Waals surface area contributed by atoms with Gasteiger partial charge in [-0.15, -0.1) is 0 Å². The number of carbonyl (C=O) groups excluding carboxylic acids is 1. The Bertz CT molecular complexity index is 986. The van der Waals surface area contributed by atoms with Crippen LogP contribution in [0.5, 0.6) is 0 Å². The summed E-state index contributed by atoms with van der Waals surface area (Å²) in [6.45, 7) is 1.60. The largest absolute Gasteiger partial charge is 0.416 e. The van der Waals surface area contributed by atoms with E-state index in [1.807, 2.05) is 6.07 Å². The molecule has 0 radical (unpaired) electrons. The zero-order chi connectivity index (χ0) is 22.6. The molecule has 1 fully saturated rings. The second-order valence-electron chi connectivity index (χ2n) is 7.08. The van der Waals surface area contributed by atoms with Crippen molar-refractivity contribution in [3.63, 3.8) is 0 Å². The monoisotopic (exact) mass is 453 g/mol. The minimum Gasteiger partial charge on any atom is -0.379 e. The van der Waals surface area contributed by atoms with Gasteiger partial charge in [0.1, 0.15) is 6.07 Å². The molecule has 2 aromatic carbocycles. The van der Waals surface area contributed by atoms with Gasteiger partial charge in [0.05, 0.1) is 29.4 Å². The predicted molar refractivity (Wildman–Crippen MR) is 107 cm³/mol. The lowest BCUT2D eigenvalue weighted by Crippen LogP contribution is -2.51. The Morgan fingerprint density at radius 1 is 1.16 bits per heavy atom. The van der Waals surface area contributed by atoms with E-state index < -0.39 is 23.2 Å². The molecule has 2 aromatic rings. The SMILES string of the molecule is N#Cc1ccc(NC(=O)C(O)(CN2CCOCC2)c2ccc(C(F)(F)F)cc2)cc1Cl. The molecule has 1 heterocycles. The van der Waals surface area contributed by atoms with E-state index in [4.69, 9.17) is 21.6 Å². The van der Waals surface area contributed by atoms with Gasteiger partial charge in [0, 0.05) is 25.3 Å². The van der Waals surface area contributed by atoms with E-state index in [1.54, 1.807) is 4.90 Å². The molecule has 6 nitrogen and oxygen atoms in total. The lowest BCUT2D eigenvalue weighted by atomic mass is 9.90. The van der Waals surface area contributed by atoms with Crippen LogP contribution in [0.2, 0.25) is 5.02 Å². The number of anilines is 1. The first kappa shape index (κ1) is 23.0. The minimum atomic E-state index is -4.54. The van der Waals surface area contributed by atoms with Crippen LogP contribution in [-0.4, -0.2) is 48.8 Å². The Kier molecular flexibility index (Phi) is 6.86. The van der Waals surface area contributed by atoms with Crippen LogP contribution < -0.4 is 5.32 Å². The molecular weight excluding hydrogens is 435 g/mol. The number of benzene rings is 2. The highest BCUT2D eigenvalue weighted by atomic mass is 35.5. The maximum Gasteiger partial charge on any atom is 0.416 e. The van der Waals surface area contributed by atoms with Crippen LogP contribution in [0.4, 0.5) is 18.9 Å². The second kappa shape index (κ2) is 9.24. The molecule has 1 amide bonds. The number of hydrogen-bond acceptors (Lipinski definition) is 5. The Labute approximate surface area is 181 Å². The van der Waals surface area contributed by atoms with E-state index in [-0.39, 0.29) is 28.4 Å². The molecule has 3 rings (SSSR count). The summed E-state index contributed by atoms with van der Waals surface area (Å²) in [6.07, 6.45) is -4.54. The fourth-order valence-electron chi connectivity index (χ4n) is 3.23. The summed E-state index contributed by atoms with van der Waals surface area (Å²) in [4.78, 5) is 14.9. The summed E-state index contributed by atoms with van der Waals surface area (Å²) in [5.41, 5.74) is -2.55. The maximum atomic E-state index is 13.1. The van der Waals surface area contributed by atoms with Gasteiger partial charge in [0.15, 0.2) is 5.60 Å². The van der Waals surface area contributed by atoms with E-state index >= 15 is 0 Å². The molecule has 10 heteroatoms. The fourth-order valence-corrected chi connectivity index (χ4v) is 3.45. The zero-order valence-electron chi connectivity index (χ0n) is 16.2. The molecule has 164 valence electrons. The van der Waals surface area contributed by atoms with Crippen molar-refractivity contribution in [1.29, 1.82) is 5.26 Å². The van der Waals surface area contributed by atoms with Gasteiger partial charge >= 0.3 is 6.18 Å². The van der Waals surface area contributed by atoms with Crippen LogP contribution in [0, 0.1) is 11.3 Å². The Hall–Kier alpha value is -2.64. The highest BCUT2D eigenvalue weighted by Crippen LogP contribution is 2.32. The Morgan fingerprint density at radius 2 is 1.77 bits per heavy atom. The van der Waals surface area contributed by atoms with E-state index in [2.05, 4.69) is 5.32 Å². The molecule has 0 spiro atoms. The first-order valence-electron chi connectivity index (χ1n) is 9.35. The molecule has 1 atom stereocenters. The lowest BCUT2D eigenvalue weighted by Gasteiger charge is -2.35. The average molecular weight is 454 g/mol. The highest BCUT2D eigenvalue weighted by Gasteiger charge is 2.41. The third-order valence-electron chi connectivity index (χ3n) is 4.97. The number of nitrogens with zero attached hydrogens (tertiary/aromatic N) is 2. The Morgan fingerprint density at radius 3 is 2.32 bits per heavy atom. The van der Waals surface area contributed by atoms with Gasteiger partial charge < -0.3 is 15.2 Å². The predicted octanol–water partition coefficient (Wildman–Crippen LogP) is 3.39.